The van der Waals surface area contributed by atoms with E-state index in [9.17, 15) is 10.1 Å². The first-order valence-corrected chi connectivity index (χ1v) is 6.24. The van der Waals surface area contributed by atoms with E-state index in [-0.39, 0.29) is 11.3 Å². The lowest BCUT2D eigenvalue weighted by Gasteiger charge is -2.12. The van der Waals surface area contributed by atoms with Gasteiger partial charge in [0.05, 0.1) is 36.9 Å². The van der Waals surface area contributed by atoms with Gasteiger partial charge in [-0.05, 0) is 18.4 Å². The van der Waals surface area contributed by atoms with Gasteiger partial charge in [-0.15, -0.1) is 0 Å². The Morgan fingerprint density at radius 3 is 2.68 bits per heavy atom. The molecule has 0 radical (unpaired) electrons. The fraction of sp³-hybridized carbons (Fsp3) is 0.538. The molecule has 0 aromatic heterocycles. The average molecular weight is 267 g/mol. The topological polar surface area (TPSA) is 81.8 Å². The van der Waals surface area contributed by atoms with Crippen LogP contribution in [0.15, 0.2) is 12.1 Å². The summed E-state index contributed by atoms with van der Waals surface area (Å²) < 4.78 is 10.7. The molecule has 1 aliphatic rings. The molecule has 0 amide bonds. The highest BCUT2D eigenvalue weighted by atomic mass is 16.6. The molecule has 6 nitrogen and oxygen atoms in total. The fourth-order valence-electron chi connectivity index (χ4n) is 1.90. The monoisotopic (exact) mass is 267 g/mol. The van der Waals surface area contributed by atoms with Crippen LogP contribution < -0.4 is 9.47 Å². The zero-order valence-electron chi connectivity index (χ0n) is 10.8. The summed E-state index contributed by atoms with van der Waals surface area (Å²) in [4.78, 5) is 10.4. The van der Waals surface area contributed by atoms with Gasteiger partial charge in [0.15, 0.2) is 11.5 Å². The van der Waals surface area contributed by atoms with E-state index >= 15 is 0 Å². The van der Waals surface area contributed by atoms with E-state index in [4.69, 9.17) is 14.6 Å². The minimum Gasteiger partial charge on any atom is -0.493 e. The van der Waals surface area contributed by atoms with E-state index in [0.717, 1.165) is 12.3 Å². The lowest BCUT2D eigenvalue weighted by atomic mass is 10.1. The molecule has 19 heavy (non-hydrogen) atoms. The summed E-state index contributed by atoms with van der Waals surface area (Å²) in [6.45, 7) is 0.117. The smallest absolute Gasteiger partial charge is 0.278 e. The summed E-state index contributed by atoms with van der Waals surface area (Å²) in [7, 11) is 1.47. The van der Waals surface area contributed by atoms with Crippen molar-refractivity contribution in [3.63, 3.8) is 0 Å². The summed E-state index contributed by atoms with van der Waals surface area (Å²) in [6, 6.07) is 2.77. The predicted molar refractivity (Wildman–Crippen MR) is 68.4 cm³/mol. The van der Waals surface area contributed by atoms with Gasteiger partial charge < -0.3 is 14.6 Å². The van der Waals surface area contributed by atoms with Crippen LogP contribution in [-0.4, -0.2) is 23.7 Å². The van der Waals surface area contributed by atoms with Crippen LogP contribution in [0.3, 0.4) is 0 Å². The summed E-state index contributed by atoms with van der Waals surface area (Å²) >= 11 is 0. The van der Waals surface area contributed by atoms with Gasteiger partial charge in [0, 0.05) is 0 Å². The molecule has 1 N–H and O–H groups in total. The Kier molecular flexibility index (Phi) is 4.21. The molecule has 0 unspecified atom stereocenters. The largest absolute Gasteiger partial charge is 0.493 e. The van der Waals surface area contributed by atoms with Gasteiger partial charge in [-0.1, -0.05) is 12.8 Å². The molecule has 0 atom stereocenters. The maximum Gasteiger partial charge on any atom is 0.278 e. The molecule has 1 aromatic carbocycles. The van der Waals surface area contributed by atoms with Gasteiger partial charge in [0.1, 0.15) is 0 Å². The van der Waals surface area contributed by atoms with Crippen molar-refractivity contribution in [1.29, 1.82) is 0 Å². The normalized spacial score (nSPS) is 14.2. The van der Waals surface area contributed by atoms with E-state index in [0.29, 0.717) is 18.1 Å². The number of aliphatic hydroxyl groups is 1. The van der Waals surface area contributed by atoms with Crippen LogP contribution >= 0.6 is 0 Å². The third-order valence-electron chi connectivity index (χ3n) is 3.21. The standard InChI is InChI=1S/C13H17NO5/c1-18-12-6-10(8-15)11(14(16)17)7-13(12)19-5-4-9-2-3-9/h6-7,9,15H,2-5,8H2,1H3. The van der Waals surface area contributed by atoms with Crippen LogP contribution in [-0.2, 0) is 6.61 Å². The zero-order chi connectivity index (χ0) is 13.8. The Labute approximate surface area is 111 Å². The Bertz CT molecular complexity index is 470. The number of ether oxygens (including phenoxy) is 2. The number of benzene rings is 1. The number of nitrogens with zero attached hydrogens (tertiary/aromatic N) is 1. The summed E-state index contributed by atoms with van der Waals surface area (Å²) in [5.74, 6) is 1.50. The first kappa shape index (κ1) is 13.6. The van der Waals surface area contributed by atoms with Gasteiger partial charge in [0.25, 0.3) is 5.69 Å². The third-order valence-corrected chi connectivity index (χ3v) is 3.21. The average Bonchev–Trinajstić information content (AvgIpc) is 3.22. The van der Waals surface area contributed by atoms with Crippen LogP contribution in [0.5, 0.6) is 11.5 Å². The first-order chi connectivity index (χ1) is 9.15. The number of nitro groups is 1. The van der Waals surface area contributed by atoms with Crippen LogP contribution in [0.1, 0.15) is 24.8 Å². The quantitative estimate of drug-likeness (QED) is 0.605. The number of hydrogen-bond acceptors (Lipinski definition) is 5. The van der Waals surface area contributed by atoms with Crippen LogP contribution in [0, 0.1) is 16.0 Å². The van der Waals surface area contributed by atoms with Gasteiger partial charge in [0.2, 0.25) is 0 Å². The Balaban J connectivity index is 2.18. The molecule has 0 spiro atoms. The molecule has 0 heterocycles. The lowest BCUT2D eigenvalue weighted by Crippen LogP contribution is -2.03. The maximum absolute atomic E-state index is 10.9. The Morgan fingerprint density at radius 2 is 2.16 bits per heavy atom. The molecular formula is C13H17NO5. The maximum atomic E-state index is 10.9. The second-order valence-corrected chi connectivity index (χ2v) is 4.63. The minimum atomic E-state index is -0.529. The van der Waals surface area contributed by atoms with Crippen LogP contribution in [0.4, 0.5) is 5.69 Å². The number of nitro benzene ring substituents is 1. The highest BCUT2D eigenvalue weighted by molar-refractivity contribution is 5.54. The third kappa shape index (κ3) is 3.35. The second kappa shape index (κ2) is 5.88. The number of rotatable bonds is 7. The molecular weight excluding hydrogens is 250 g/mol. The molecule has 104 valence electrons. The van der Waals surface area contributed by atoms with Crippen molar-refractivity contribution in [3.8, 4) is 11.5 Å². The molecule has 1 fully saturated rings. The number of methoxy groups -OCH3 is 1. The van der Waals surface area contributed by atoms with Crippen molar-refractivity contribution in [2.45, 2.75) is 25.9 Å². The summed E-state index contributed by atoms with van der Waals surface area (Å²) in [5, 5.41) is 20.1. The highest BCUT2D eigenvalue weighted by Gasteiger charge is 2.22. The van der Waals surface area contributed by atoms with Crippen molar-refractivity contribution in [1.82, 2.24) is 0 Å². The van der Waals surface area contributed by atoms with Crippen molar-refractivity contribution in [3.05, 3.63) is 27.8 Å². The van der Waals surface area contributed by atoms with E-state index in [2.05, 4.69) is 0 Å². The summed E-state index contributed by atoms with van der Waals surface area (Å²) in [5.41, 5.74) is 0.0705. The van der Waals surface area contributed by atoms with Crippen molar-refractivity contribution < 1.29 is 19.5 Å². The Hall–Kier alpha value is -1.82. The minimum absolute atomic E-state index is 0.148. The number of aliphatic hydroxyl groups excluding tert-OH is 1. The van der Waals surface area contributed by atoms with E-state index in [1.165, 1.54) is 32.1 Å². The van der Waals surface area contributed by atoms with Gasteiger partial charge in [-0.25, -0.2) is 0 Å². The van der Waals surface area contributed by atoms with E-state index in [1.807, 2.05) is 0 Å². The zero-order valence-corrected chi connectivity index (χ0v) is 10.8. The summed E-state index contributed by atoms with van der Waals surface area (Å²) in [6.07, 6.45) is 3.44. The Morgan fingerprint density at radius 1 is 1.42 bits per heavy atom. The second-order valence-electron chi connectivity index (χ2n) is 4.63. The molecule has 6 heteroatoms. The molecule has 1 aromatic rings. The SMILES string of the molecule is COc1cc(CO)c([N+](=O)[O-])cc1OCCC1CC1. The van der Waals surface area contributed by atoms with Crippen LogP contribution in [0.25, 0.3) is 0 Å². The van der Waals surface area contributed by atoms with E-state index in [1.54, 1.807) is 0 Å². The lowest BCUT2D eigenvalue weighted by molar-refractivity contribution is -0.385. The van der Waals surface area contributed by atoms with Gasteiger partial charge in [-0.3, -0.25) is 10.1 Å². The number of hydrogen-bond donors (Lipinski definition) is 1. The van der Waals surface area contributed by atoms with Crippen molar-refractivity contribution in [2.75, 3.05) is 13.7 Å². The fourth-order valence-corrected chi connectivity index (χ4v) is 1.90. The molecule has 0 saturated heterocycles. The van der Waals surface area contributed by atoms with E-state index < -0.39 is 11.5 Å². The predicted octanol–water partition coefficient (Wildman–Crippen LogP) is 2.27. The van der Waals surface area contributed by atoms with Crippen molar-refractivity contribution in [2.24, 2.45) is 5.92 Å². The first-order valence-electron chi connectivity index (χ1n) is 6.24. The van der Waals surface area contributed by atoms with Crippen molar-refractivity contribution >= 4 is 5.69 Å². The van der Waals surface area contributed by atoms with Crippen LogP contribution in [0.2, 0.25) is 0 Å². The molecule has 2 rings (SSSR count). The molecule has 0 aliphatic heterocycles. The van der Waals surface area contributed by atoms with Gasteiger partial charge in [-0.2, -0.15) is 0 Å². The molecule has 0 bridgehead atoms. The van der Waals surface area contributed by atoms with Gasteiger partial charge >= 0.3 is 0 Å². The molecule has 1 aliphatic carbocycles. The molecule has 1 saturated carbocycles. The highest BCUT2D eigenvalue weighted by Crippen LogP contribution is 2.36.